The highest BCUT2D eigenvalue weighted by Gasteiger charge is 2.40. The van der Waals surface area contributed by atoms with Crippen LogP contribution < -0.4 is 32.0 Å². The Hall–Kier alpha value is -7.46. The third kappa shape index (κ3) is 4.16. The molecule has 0 radical (unpaired) electrons. The Labute approximate surface area is 301 Å². The first-order valence-electron chi connectivity index (χ1n) is 17.1. The summed E-state index contributed by atoms with van der Waals surface area (Å²) < 4.78 is 35.7. The van der Waals surface area contributed by atoms with E-state index in [1.807, 2.05) is 54.6 Å². The number of para-hydroxylation sites is 4. The number of rotatable bonds is 2. The summed E-state index contributed by atoms with van der Waals surface area (Å²) in [5.74, 6) is -1.50. The summed E-state index contributed by atoms with van der Waals surface area (Å²) in [6.45, 7) is 0. The van der Waals surface area contributed by atoms with Gasteiger partial charge in [-0.1, -0.05) is 84.9 Å². The van der Waals surface area contributed by atoms with E-state index in [9.17, 15) is 19.2 Å². The van der Waals surface area contributed by atoms with E-state index in [-0.39, 0.29) is 34.1 Å². The molecular formula is C44H22O10. The average molecular weight is 711 g/mol. The molecule has 0 aliphatic carbocycles. The van der Waals surface area contributed by atoms with Crippen molar-refractivity contribution in [2.24, 2.45) is 0 Å². The van der Waals surface area contributed by atoms with Crippen LogP contribution in [0.15, 0.2) is 158 Å². The molecule has 11 rings (SSSR count). The van der Waals surface area contributed by atoms with Gasteiger partial charge in [0.05, 0.1) is 27.8 Å². The van der Waals surface area contributed by atoms with E-state index in [4.69, 9.17) is 27.1 Å². The van der Waals surface area contributed by atoms with Crippen molar-refractivity contribution in [1.82, 2.24) is 0 Å². The first-order chi connectivity index (χ1) is 26.4. The van der Waals surface area contributed by atoms with Crippen molar-refractivity contribution in [2.45, 2.75) is 11.8 Å². The summed E-state index contributed by atoms with van der Waals surface area (Å²) in [6.07, 6.45) is 0. The molecule has 0 saturated heterocycles. The molecule has 0 amide bonds. The lowest BCUT2D eigenvalue weighted by atomic mass is 9.77. The van der Waals surface area contributed by atoms with E-state index in [1.165, 1.54) is 0 Å². The summed E-state index contributed by atoms with van der Waals surface area (Å²) in [7, 11) is 0. The molecular weight excluding hydrogens is 688 g/mol. The molecule has 0 atom stereocenters. The molecule has 2 aliphatic heterocycles. The third-order valence-corrected chi connectivity index (χ3v) is 10.4. The van der Waals surface area contributed by atoms with E-state index in [2.05, 4.69) is 0 Å². The molecule has 0 saturated carbocycles. The third-order valence-electron chi connectivity index (χ3n) is 10.4. The fourth-order valence-corrected chi connectivity index (χ4v) is 8.15. The van der Waals surface area contributed by atoms with Crippen molar-refractivity contribution in [1.29, 1.82) is 0 Å². The van der Waals surface area contributed by atoms with Crippen LogP contribution in [0.1, 0.15) is 45.2 Å². The number of benzene rings is 5. The Bertz CT molecular complexity index is 3150. The van der Waals surface area contributed by atoms with Crippen molar-refractivity contribution < 1.29 is 27.1 Å². The molecule has 10 heteroatoms. The van der Waals surface area contributed by atoms with Crippen LogP contribution in [0.4, 0.5) is 0 Å². The highest BCUT2D eigenvalue weighted by molar-refractivity contribution is 5.92. The van der Waals surface area contributed by atoms with Gasteiger partial charge in [-0.3, -0.25) is 0 Å². The van der Waals surface area contributed by atoms with Crippen LogP contribution in [-0.4, -0.2) is 0 Å². The molecule has 258 valence electrons. The van der Waals surface area contributed by atoms with Gasteiger partial charge < -0.3 is 27.1 Å². The normalized spacial score (nSPS) is 13.6. The minimum absolute atomic E-state index is 0.130. The average Bonchev–Trinajstić information content (AvgIpc) is 3.20. The van der Waals surface area contributed by atoms with Crippen LogP contribution in [0.25, 0.3) is 43.9 Å². The molecule has 10 nitrogen and oxygen atoms in total. The highest BCUT2D eigenvalue weighted by Crippen LogP contribution is 2.52. The maximum atomic E-state index is 14.0. The van der Waals surface area contributed by atoms with Gasteiger partial charge in [0.2, 0.25) is 11.5 Å². The molecule has 0 unspecified atom stereocenters. The Morgan fingerprint density at radius 1 is 0.333 bits per heavy atom. The van der Waals surface area contributed by atoms with Crippen LogP contribution in [0, 0.1) is 0 Å². The predicted octanol–water partition coefficient (Wildman–Crippen LogP) is 8.68. The minimum Gasteiger partial charge on any atom is -0.455 e. The molecule has 2 aliphatic rings. The van der Waals surface area contributed by atoms with Gasteiger partial charge in [-0.05, 0) is 47.5 Å². The van der Waals surface area contributed by atoms with Gasteiger partial charge in [0.15, 0.2) is 0 Å². The molecule has 9 aromatic rings. The fourth-order valence-electron chi connectivity index (χ4n) is 8.15. The predicted molar refractivity (Wildman–Crippen MR) is 198 cm³/mol. The molecule has 0 bridgehead atoms. The Morgan fingerprint density at radius 2 is 0.685 bits per heavy atom. The number of ether oxygens (including phenoxy) is 2. The van der Waals surface area contributed by atoms with E-state index in [1.54, 1.807) is 66.7 Å². The van der Waals surface area contributed by atoms with E-state index in [0.717, 1.165) is 0 Å². The lowest BCUT2D eigenvalue weighted by molar-refractivity contribution is 0.389. The topological polar surface area (TPSA) is 139 Å². The summed E-state index contributed by atoms with van der Waals surface area (Å²) in [6, 6.07) is 35.7. The molecule has 4 aromatic heterocycles. The largest absolute Gasteiger partial charge is 0.455 e. The number of hydrogen-bond donors (Lipinski definition) is 0. The number of hydrogen-bond acceptors (Lipinski definition) is 10. The highest BCUT2D eigenvalue weighted by atomic mass is 16.5. The van der Waals surface area contributed by atoms with Gasteiger partial charge >= 0.3 is 22.5 Å². The number of fused-ring (bicyclic) bond motifs is 12. The molecule has 6 heterocycles. The van der Waals surface area contributed by atoms with E-state index >= 15 is 0 Å². The van der Waals surface area contributed by atoms with Crippen molar-refractivity contribution in [3.05, 3.63) is 196 Å². The molecule has 0 fully saturated rings. The summed E-state index contributed by atoms with van der Waals surface area (Å²) in [5, 5.41) is 2.32. The van der Waals surface area contributed by atoms with Crippen molar-refractivity contribution >= 4 is 43.9 Å². The fraction of sp³-hybridized carbons (Fsp3) is 0.0455. The second-order valence-corrected chi connectivity index (χ2v) is 13.3. The summed E-state index contributed by atoms with van der Waals surface area (Å²) >= 11 is 0. The Morgan fingerprint density at radius 3 is 1.15 bits per heavy atom. The first-order valence-corrected chi connectivity index (χ1v) is 17.1. The SMILES string of the molecule is O=c1oc2ccccc2c2c1Oc1c(c3ccccc3oc1=O)C2c1cccc(C2c3c(c4ccccc4oc3=O)Oc3c2c(=O)oc2ccccc32)c1. The van der Waals surface area contributed by atoms with Crippen molar-refractivity contribution in [3.8, 4) is 23.0 Å². The zero-order valence-electron chi connectivity index (χ0n) is 27.8. The van der Waals surface area contributed by atoms with Gasteiger partial charge in [-0.25, -0.2) is 19.2 Å². The smallest absolute Gasteiger partial charge is 0.380 e. The van der Waals surface area contributed by atoms with Crippen LogP contribution in [0.5, 0.6) is 23.0 Å². The van der Waals surface area contributed by atoms with Crippen LogP contribution in [0.3, 0.4) is 0 Å². The van der Waals surface area contributed by atoms with Crippen LogP contribution in [0.2, 0.25) is 0 Å². The van der Waals surface area contributed by atoms with Crippen LogP contribution in [-0.2, 0) is 0 Å². The zero-order valence-corrected chi connectivity index (χ0v) is 27.8. The first kappa shape index (κ1) is 30.2. The Balaban J connectivity index is 1.24. The maximum absolute atomic E-state index is 14.0. The Kier molecular flexibility index (Phi) is 6.16. The lowest BCUT2D eigenvalue weighted by Gasteiger charge is -2.30. The summed E-state index contributed by atoms with van der Waals surface area (Å²) in [5.41, 5.74) is 0.881. The molecule has 54 heavy (non-hydrogen) atoms. The maximum Gasteiger partial charge on any atom is 0.380 e. The molecule has 0 spiro atoms. The van der Waals surface area contributed by atoms with Gasteiger partial charge in [0.1, 0.15) is 33.8 Å². The van der Waals surface area contributed by atoms with Crippen LogP contribution >= 0.6 is 0 Å². The van der Waals surface area contributed by atoms with E-state index < -0.39 is 34.3 Å². The van der Waals surface area contributed by atoms with Gasteiger partial charge in [0.25, 0.3) is 0 Å². The monoisotopic (exact) mass is 710 g/mol. The van der Waals surface area contributed by atoms with Gasteiger partial charge in [-0.15, -0.1) is 0 Å². The molecule has 0 N–H and O–H groups in total. The second kappa shape index (κ2) is 11.0. The van der Waals surface area contributed by atoms with Crippen molar-refractivity contribution in [3.63, 3.8) is 0 Å². The standard InChI is InChI=1S/C44H22O10/c45-41-35-32(36-38(26-15-4-8-19-30(26)50-42(36)46)53-37(35)25-14-3-7-18-29(25)49-41)22-11-9-10-21(20-22)31-33-23-12-1-5-16-27(23)51-43(47)39(33)54-40-34(31)24-13-2-6-17-28(24)52-44(40)48/h1-20,31-32H. The van der Waals surface area contributed by atoms with Gasteiger partial charge in [0, 0.05) is 27.8 Å². The minimum atomic E-state index is -1.00. The quantitative estimate of drug-likeness (QED) is 0.160. The van der Waals surface area contributed by atoms with Gasteiger partial charge in [-0.2, -0.15) is 0 Å². The van der Waals surface area contributed by atoms with Crippen molar-refractivity contribution in [2.75, 3.05) is 0 Å². The second-order valence-electron chi connectivity index (χ2n) is 13.3. The lowest BCUT2D eigenvalue weighted by Crippen LogP contribution is -2.26. The zero-order chi connectivity index (χ0) is 36.2. The molecule has 5 aromatic carbocycles. The summed E-state index contributed by atoms with van der Waals surface area (Å²) in [4.78, 5) is 55.3. The van der Waals surface area contributed by atoms with E-state index in [0.29, 0.717) is 66.1 Å².